The van der Waals surface area contributed by atoms with Crippen LogP contribution in [-0.2, 0) is 0 Å². The maximum Gasteiger partial charge on any atom is 0.273 e. The molecule has 6 heteroatoms. The number of aromatic nitrogens is 4. The highest BCUT2D eigenvalue weighted by molar-refractivity contribution is 9.10. The van der Waals surface area contributed by atoms with E-state index >= 15 is 0 Å². The van der Waals surface area contributed by atoms with Gasteiger partial charge in [-0.15, -0.1) is 0 Å². The van der Waals surface area contributed by atoms with Crippen molar-refractivity contribution in [2.45, 2.75) is 18.8 Å². The van der Waals surface area contributed by atoms with E-state index in [1.807, 2.05) is 18.3 Å². The zero-order chi connectivity index (χ0) is 13.7. The van der Waals surface area contributed by atoms with Crippen LogP contribution in [0.5, 0.6) is 0 Å². The summed E-state index contributed by atoms with van der Waals surface area (Å²) in [5.74, 6) is 0.538. The summed E-state index contributed by atoms with van der Waals surface area (Å²) in [5, 5.41) is 2.98. The number of nitrogens with one attached hydrogen (secondary N) is 1. The Morgan fingerprint density at radius 1 is 1.30 bits per heavy atom. The smallest absolute Gasteiger partial charge is 0.273 e. The third kappa shape index (κ3) is 1.87. The highest BCUT2D eigenvalue weighted by Crippen LogP contribution is 2.41. The molecule has 0 atom stereocenters. The molecule has 1 aliphatic carbocycles. The van der Waals surface area contributed by atoms with Crippen molar-refractivity contribution in [3.05, 3.63) is 51.0 Å². The number of halogens is 1. The number of rotatable bonds is 2. The fraction of sp³-hybridized carbons (Fsp3) is 0.214. The van der Waals surface area contributed by atoms with Gasteiger partial charge in [0.05, 0.1) is 11.4 Å². The van der Waals surface area contributed by atoms with Crippen molar-refractivity contribution >= 4 is 21.6 Å². The molecular formula is C14H11BrN4O. The summed E-state index contributed by atoms with van der Waals surface area (Å²) >= 11 is 3.35. The summed E-state index contributed by atoms with van der Waals surface area (Å²) in [4.78, 5) is 21.1. The van der Waals surface area contributed by atoms with E-state index in [-0.39, 0.29) is 5.56 Å². The molecule has 0 spiro atoms. The number of aromatic amines is 1. The number of nitrogens with zero attached hydrogens (tertiary/aromatic N) is 3. The summed E-state index contributed by atoms with van der Waals surface area (Å²) in [7, 11) is 0. The van der Waals surface area contributed by atoms with Gasteiger partial charge < -0.3 is 0 Å². The molecular weight excluding hydrogens is 320 g/mol. The lowest BCUT2D eigenvalue weighted by Gasteiger charge is -2.02. The molecule has 3 heterocycles. The highest BCUT2D eigenvalue weighted by atomic mass is 79.9. The van der Waals surface area contributed by atoms with Crippen molar-refractivity contribution < 1.29 is 0 Å². The average molecular weight is 331 g/mol. The molecule has 0 amide bonds. The van der Waals surface area contributed by atoms with Crippen molar-refractivity contribution in [3.63, 3.8) is 0 Å². The molecule has 0 aromatic carbocycles. The van der Waals surface area contributed by atoms with Crippen LogP contribution < -0.4 is 5.56 Å². The first-order valence-corrected chi connectivity index (χ1v) is 7.25. The lowest BCUT2D eigenvalue weighted by Crippen LogP contribution is -2.14. The second-order valence-electron chi connectivity index (χ2n) is 5.00. The second kappa shape index (κ2) is 4.28. The molecule has 1 N–H and O–H groups in total. The lowest BCUT2D eigenvalue weighted by molar-refractivity contribution is 0.899. The van der Waals surface area contributed by atoms with Crippen molar-refractivity contribution in [1.82, 2.24) is 19.6 Å². The lowest BCUT2D eigenvalue weighted by atomic mass is 10.2. The average Bonchev–Trinajstić information content (AvgIpc) is 3.19. The van der Waals surface area contributed by atoms with Crippen LogP contribution in [0.15, 0.2) is 39.9 Å². The van der Waals surface area contributed by atoms with Crippen molar-refractivity contribution in [2.24, 2.45) is 0 Å². The minimum Gasteiger partial charge on any atom is -0.297 e. The quantitative estimate of drug-likeness (QED) is 0.785. The van der Waals surface area contributed by atoms with E-state index in [0.29, 0.717) is 17.3 Å². The first-order chi connectivity index (χ1) is 9.72. The Hall–Kier alpha value is -1.95. The van der Waals surface area contributed by atoms with Gasteiger partial charge in [-0.2, -0.15) is 0 Å². The van der Waals surface area contributed by atoms with E-state index in [9.17, 15) is 4.79 Å². The first-order valence-electron chi connectivity index (χ1n) is 6.45. The van der Waals surface area contributed by atoms with E-state index in [1.54, 1.807) is 6.20 Å². The summed E-state index contributed by atoms with van der Waals surface area (Å²) in [6.07, 6.45) is 5.94. The Labute approximate surface area is 122 Å². The Balaban J connectivity index is 1.94. The number of pyridine rings is 1. The fourth-order valence-corrected chi connectivity index (χ4v) is 2.59. The topological polar surface area (TPSA) is 63.0 Å². The minimum atomic E-state index is -0.110. The predicted octanol–water partition coefficient (Wildman–Crippen LogP) is 2.72. The molecule has 0 saturated heterocycles. The molecule has 0 unspecified atom stereocenters. The maximum atomic E-state index is 12.2. The molecule has 1 fully saturated rings. The number of hydrogen-bond donors (Lipinski definition) is 1. The Kier molecular flexibility index (Phi) is 2.53. The monoisotopic (exact) mass is 330 g/mol. The minimum absolute atomic E-state index is 0.110. The van der Waals surface area contributed by atoms with E-state index in [0.717, 1.165) is 15.7 Å². The van der Waals surface area contributed by atoms with Gasteiger partial charge in [0.2, 0.25) is 0 Å². The van der Waals surface area contributed by atoms with Gasteiger partial charge in [0.15, 0.2) is 5.65 Å². The molecule has 5 nitrogen and oxygen atoms in total. The fourth-order valence-electron chi connectivity index (χ4n) is 2.35. The Bertz CT molecular complexity index is 846. The zero-order valence-corrected chi connectivity index (χ0v) is 12.1. The van der Waals surface area contributed by atoms with Crippen molar-refractivity contribution in [1.29, 1.82) is 0 Å². The van der Waals surface area contributed by atoms with Crippen molar-refractivity contribution in [2.75, 3.05) is 0 Å². The van der Waals surface area contributed by atoms with Gasteiger partial charge >= 0.3 is 0 Å². The first kappa shape index (κ1) is 11.8. The Morgan fingerprint density at radius 2 is 2.15 bits per heavy atom. The molecule has 100 valence electrons. The number of hydrogen-bond acceptors (Lipinski definition) is 3. The normalized spacial score (nSPS) is 14.8. The van der Waals surface area contributed by atoms with E-state index in [1.165, 1.54) is 23.4 Å². The largest absolute Gasteiger partial charge is 0.297 e. The van der Waals surface area contributed by atoms with Gasteiger partial charge in [0.25, 0.3) is 5.56 Å². The molecule has 0 bridgehead atoms. The van der Waals surface area contributed by atoms with Crippen LogP contribution in [0, 0.1) is 0 Å². The third-order valence-electron chi connectivity index (χ3n) is 3.53. The van der Waals surface area contributed by atoms with Gasteiger partial charge in [-0.3, -0.25) is 14.9 Å². The van der Waals surface area contributed by atoms with Crippen LogP contribution in [0.25, 0.3) is 17.0 Å². The molecule has 3 aromatic heterocycles. The van der Waals surface area contributed by atoms with Crippen LogP contribution >= 0.6 is 15.9 Å². The summed E-state index contributed by atoms with van der Waals surface area (Å²) < 4.78 is 2.40. The molecule has 0 radical (unpaired) electrons. The van der Waals surface area contributed by atoms with E-state index in [2.05, 4.69) is 31.0 Å². The van der Waals surface area contributed by atoms with Crippen LogP contribution in [0.4, 0.5) is 0 Å². The highest BCUT2D eigenvalue weighted by Gasteiger charge is 2.27. The van der Waals surface area contributed by atoms with Gasteiger partial charge in [0.1, 0.15) is 0 Å². The molecule has 1 aliphatic rings. The van der Waals surface area contributed by atoms with Gasteiger partial charge in [0, 0.05) is 28.5 Å². The molecule has 20 heavy (non-hydrogen) atoms. The predicted molar refractivity (Wildman–Crippen MR) is 78.7 cm³/mol. The number of H-pyrrole nitrogens is 1. The molecule has 1 saturated carbocycles. The van der Waals surface area contributed by atoms with Crippen LogP contribution in [0.2, 0.25) is 0 Å². The standard InChI is InChI=1S/C14H11BrN4O/c15-9-3-4-11(16-6-9)12-5-13(20)19-14(18-12)10(7-17-19)8-1-2-8/h3-8,17H,1-2H2. The van der Waals surface area contributed by atoms with Gasteiger partial charge in [-0.05, 0) is 46.8 Å². The summed E-state index contributed by atoms with van der Waals surface area (Å²) in [6, 6.07) is 5.26. The number of fused-ring (bicyclic) bond motifs is 1. The Morgan fingerprint density at radius 3 is 2.85 bits per heavy atom. The molecule has 0 aliphatic heterocycles. The second-order valence-corrected chi connectivity index (χ2v) is 5.92. The SMILES string of the molecule is O=c1cc(-c2ccc(Br)cn2)nc2c(C3CC3)c[nH]n12. The third-order valence-corrected chi connectivity index (χ3v) is 4.00. The van der Waals surface area contributed by atoms with Gasteiger partial charge in [-0.1, -0.05) is 0 Å². The molecule has 4 rings (SSSR count). The van der Waals surface area contributed by atoms with Crippen LogP contribution in [0.3, 0.4) is 0 Å². The van der Waals surface area contributed by atoms with E-state index < -0.39 is 0 Å². The summed E-state index contributed by atoms with van der Waals surface area (Å²) in [6.45, 7) is 0. The summed E-state index contributed by atoms with van der Waals surface area (Å²) in [5.41, 5.74) is 3.06. The van der Waals surface area contributed by atoms with Crippen LogP contribution in [0.1, 0.15) is 24.3 Å². The van der Waals surface area contributed by atoms with Crippen LogP contribution in [-0.4, -0.2) is 19.6 Å². The molecule has 3 aromatic rings. The zero-order valence-electron chi connectivity index (χ0n) is 10.5. The van der Waals surface area contributed by atoms with Gasteiger partial charge in [-0.25, -0.2) is 9.50 Å². The van der Waals surface area contributed by atoms with Crippen molar-refractivity contribution in [3.8, 4) is 11.4 Å². The maximum absolute atomic E-state index is 12.2. The van der Waals surface area contributed by atoms with E-state index in [4.69, 9.17) is 0 Å².